The van der Waals surface area contributed by atoms with Crippen LogP contribution in [0.2, 0.25) is 0 Å². The van der Waals surface area contributed by atoms with Gasteiger partial charge in [0.1, 0.15) is 11.6 Å². The van der Waals surface area contributed by atoms with Crippen LogP contribution in [0.1, 0.15) is 34.1 Å². The summed E-state index contributed by atoms with van der Waals surface area (Å²) in [6.07, 6.45) is 2.99. The van der Waals surface area contributed by atoms with Crippen molar-refractivity contribution < 1.29 is 4.74 Å². The SMILES string of the molecule is CNc1nc(C2Cc3ccccc3C2)nc2c1COCC2. The van der Waals surface area contributed by atoms with Gasteiger partial charge in [0.25, 0.3) is 0 Å². The van der Waals surface area contributed by atoms with Crippen LogP contribution in [0, 0.1) is 0 Å². The van der Waals surface area contributed by atoms with E-state index in [1.807, 2.05) is 7.05 Å². The molecule has 0 unspecified atom stereocenters. The van der Waals surface area contributed by atoms with E-state index in [9.17, 15) is 0 Å². The van der Waals surface area contributed by atoms with E-state index in [0.717, 1.165) is 48.8 Å². The first-order chi connectivity index (χ1) is 10.3. The fourth-order valence-corrected chi connectivity index (χ4v) is 3.38. The Balaban J connectivity index is 1.70. The Morgan fingerprint density at radius 3 is 2.62 bits per heavy atom. The summed E-state index contributed by atoms with van der Waals surface area (Å²) in [5, 5.41) is 3.21. The van der Waals surface area contributed by atoms with Gasteiger partial charge in [-0.25, -0.2) is 9.97 Å². The fraction of sp³-hybridized carbons (Fsp3) is 0.412. The maximum Gasteiger partial charge on any atom is 0.135 e. The molecule has 1 N–H and O–H groups in total. The molecule has 0 radical (unpaired) electrons. The molecule has 2 aromatic rings. The molecule has 0 spiro atoms. The monoisotopic (exact) mass is 281 g/mol. The Hall–Kier alpha value is -1.94. The second kappa shape index (κ2) is 5.11. The third-order valence-corrected chi connectivity index (χ3v) is 4.49. The van der Waals surface area contributed by atoms with Crippen molar-refractivity contribution in [2.24, 2.45) is 0 Å². The van der Waals surface area contributed by atoms with Crippen LogP contribution >= 0.6 is 0 Å². The van der Waals surface area contributed by atoms with Gasteiger partial charge in [-0.1, -0.05) is 24.3 Å². The summed E-state index contributed by atoms with van der Waals surface area (Å²) in [6.45, 7) is 1.38. The van der Waals surface area contributed by atoms with E-state index >= 15 is 0 Å². The molecular formula is C17H19N3O. The van der Waals surface area contributed by atoms with E-state index in [2.05, 4.69) is 29.6 Å². The van der Waals surface area contributed by atoms with Crippen molar-refractivity contribution in [3.8, 4) is 0 Å². The molecule has 1 aromatic carbocycles. The number of benzene rings is 1. The van der Waals surface area contributed by atoms with Crippen molar-refractivity contribution in [1.82, 2.24) is 9.97 Å². The summed E-state index contributed by atoms with van der Waals surface area (Å²) in [4.78, 5) is 9.62. The lowest BCUT2D eigenvalue weighted by molar-refractivity contribution is 0.109. The van der Waals surface area contributed by atoms with Gasteiger partial charge in [-0.2, -0.15) is 0 Å². The van der Waals surface area contributed by atoms with Crippen LogP contribution in [0.15, 0.2) is 24.3 Å². The van der Waals surface area contributed by atoms with Gasteiger partial charge in [-0.3, -0.25) is 0 Å². The zero-order valence-electron chi connectivity index (χ0n) is 12.2. The lowest BCUT2D eigenvalue weighted by Crippen LogP contribution is -2.18. The van der Waals surface area contributed by atoms with Crippen molar-refractivity contribution in [2.45, 2.75) is 31.8 Å². The Bertz CT molecular complexity index is 641. The highest BCUT2D eigenvalue weighted by Gasteiger charge is 2.27. The van der Waals surface area contributed by atoms with Gasteiger partial charge >= 0.3 is 0 Å². The largest absolute Gasteiger partial charge is 0.376 e. The van der Waals surface area contributed by atoms with Gasteiger partial charge in [0.15, 0.2) is 0 Å². The molecular weight excluding hydrogens is 262 g/mol. The molecule has 0 amide bonds. The van der Waals surface area contributed by atoms with Gasteiger partial charge < -0.3 is 10.1 Å². The van der Waals surface area contributed by atoms with Crippen LogP contribution in [0.5, 0.6) is 0 Å². The van der Waals surface area contributed by atoms with E-state index in [-0.39, 0.29) is 0 Å². The summed E-state index contributed by atoms with van der Waals surface area (Å²) in [6, 6.07) is 8.68. The van der Waals surface area contributed by atoms with Crippen LogP contribution in [-0.4, -0.2) is 23.6 Å². The van der Waals surface area contributed by atoms with Crippen molar-refractivity contribution >= 4 is 5.82 Å². The minimum absolute atomic E-state index is 0.405. The minimum Gasteiger partial charge on any atom is -0.376 e. The van der Waals surface area contributed by atoms with Crippen molar-refractivity contribution in [1.29, 1.82) is 0 Å². The lowest BCUT2D eigenvalue weighted by atomic mass is 10.0. The minimum atomic E-state index is 0.405. The Kier molecular flexibility index (Phi) is 3.11. The van der Waals surface area contributed by atoms with Crippen molar-refractivity contribution in [2.75, 3.05) is 19.0 Å². The average Bonchev–Trinajstić information content (AvgIpc) is 2.98. The van der Waals surface area contributed by atoms with Gasteiger partial charge in [-0.05, 0) is 24.0 Å². The third kappa shape index (κ3) is 2.20. The molecule has 4 nitrogen and oxygen atoms in total. The smallest absolute Gasteiger partial charge is 0.135 e. The molecule has 4 rings (SSSR count). The number of nitrogens with zero attached hydrogens (tertiary/aromatic N) is 2. The number of nitrogens with one attached hydrogen (secondary N) is 1. The average molecular weight is 281 g/mol. The molecule has 1 aliphatic heterocycles. The third-order valence-electron chi connectivity index (χ3n) is 4.49. The molecule has 1 aromatic heterocycles. The molecule has 0 saturated heterocycles. The second-order valence-corrected chi connectivity index (χ2v) is 5.78. The van der Waals surface area contributed by atoms with Crippen molar-refractivity contribution in [3.63, 3.8) is 0 Å². The van der Waals surface area contributed by atoms with E-state index < -0.39 is 0 Å². The summed E-state index contributed by atoms with van der Waals surface area (Å²) < 4.78 is 5.53. The highest BCUT2D eigenvalue weighted by molar-refractivity contribution is 5.47. The van der Waals surface area contributed by atoms with Crippen LogP contribution < -0.4 is 5.32 Å². The number of hydrogen-bond acceptors (Lipinski definition) is 4. The summed E-state index contributed by atoms with van der Waals surface area (Å²) in [5.74, 6) is 2.32. The zero-order valence-corrected chi connectivity index (χ0v) is 12.2. The Labute approximate surface area is 124 Å². The standard InChI is InChI=1S/C17H19N3O/c1-18-17-14-10-21-7-6-15(14)19-16(20-17)13-8-11-4-2-3-5-12(11)9-13/h2-5,13H,6-10H2,1H3,(H,18,19,20). The molecule has 21 heavy (non-hydrogen) atoms. The molecule has 2 heterocycles. The molecule has 0 saturated carbocycles. The first-order valence-corrected chi connectivity index (χ1v) is 7.57. The van der Waals surface area contributed by atoms with E-state index in [1.54, 1.807) is 0 Å². The summed E-state index contributed by atoms with van der Waals surface area (Å²) >= 11 is 0. The van der Waals surface area contributed by atoms with Crippen LogP contribution in [0.25, 0.3) is 0 Å². The molecule has 0 atom stereocenters. The van der Waals surface area contributed by atoms with Gasteiger partial charge in [0.2, 0.25) is 0 Å². The number of ether oxygens (including phenoxy) is 1. The first-order valence-electron chi connectivity index (χ1n) is 7.57. The molecule has 1 aliphatic carbocycles. The van der Waals surface area contributed by atoms with Gasteiger partial charge in [0.05, 0.1) is 18.9 Å². The first kappa shape index (κ1) is 12.8. The topological polar surface area (TPSA) is 47.0 Å². The second-order valence-electron chi connectivity index (χ2n) is 5.78. The van der Waals surface area contributed by atoms with Gasteiger partial charge in [-0.15, -0.1) is 0 Å². The molecule has 4 heteroatoms. The predicted octanol–water partition coefficient (Wildman–Crippen LogP) is 2.47. The fourth-order valence-electron chi connectivity index (χ4n) is 3.38. The predicted molar refractivity (Wildman–Crippen MR) is 81.5 cm³/mol. The van der Waals surface area contributed by atoms with E-state index in [4.69, 9.17) is 14.7 Å². The van der Waals surface area contributed by atoms with E-state index in [1.165, 1.54) is 11.1 Å². The number of aromatic nitrogens is 2. The normalized spacial score (nSPS) is 17.4. The molecule has 0 bridgehead atoms. The lowest BCUT2D eigenvalue weighted by Gasteiger charge is -2.20. The molecule has 108 valence electrons. The summed E-state index contributed by atoms with van der Waals surface area (Å²) in [5.41, 5.74) is 5.17. The van der Waals surface area contributed by atoms with Crippen molar-refractivity contribution in [3.05, 3.63) is 52.5 Å². The quantitative estimate of drug-likeness (QED) is 0.918. The highest BCUT2D eigenvalue weighted by Crippen LogP contribution is 2.34. The van der Waals surface area contributed by atoms with E-state index in [0.29, 0.717) is 12.5 Å². The Morgan fingerprint density at radius 2 is 1.90 bits per heavy atom. The number of hydrogen-bond donors (Lipinski definition) is 1. The van der Waals surface area contributed by atoms with Crippen LogP contribution in [-0.2, 0) is 30.6 Å². The number of anilines is 1. The van der Waals surface area contributed by atoms with Gasteiger partial charge in [0, 0.05) is 24.9 Å². The number of fused-ring (bicyclic) bond motifs is 2. The Morgan fingerprint density at radius 1 is 1.14 bits per heavy atom. The maximum absolute atomic E-state index is 5.53. The maximum atomic E-state index is 5.53. The van der Waals surface area contributed by atoms with Crippen LogP contribution in [0.4, 0.5) is 5.82 Å². The number of rotatable bonds is 2. The molecule has 0 fully saturated rings. The molecule has 2 aliphatic rings. The summed E-state index contributed by atoms with van der Waals surface area (Å²) in [7, 11) is 1.92. The highest BCUT2D eigenvalue weighted by atomic mass is 16.5. The van der Waals surface area contributed by atoms with Crippen LogP contribution in [0.3, 0.4) is 0 Å². The zero-order chi connectivity index (χ0) is 14.2.